The van der Waals surface area contributed by atoms with Crippen LogP contribution < -0.4 is 11.1 Å². The lowest BCUT2D eigenvalue weighted by molar-refractivity contribution is -0.142. The van der Waals surface area contributed by atoms with E-state index in [0.29, 0.717) is 10.6 Å². The van der Waals surface area contributed by atoms with E-state index < -0.39 is 30.2 Å². The maximum absolute atomic E-state index is 11.6. The zero-order valence-electron chi connectivity index (χ0n) is 11.3. The molecule has 0 aromatic heterocycles. The Kier molecular flexibility index (Phi) is 5.92. The molecule has 0 radical (unpaired) electrons. The summed E-state index contributed by atoms with van der Waals surface area (Å²) in [6.45, 7) is 1.85. The van der Waals surface area contributed by atoms with E-state index in [0.717, 1.165) is 11.6 Å². The van der Waals surface area contributed by atoms with Gasteiger partial charge in [0.15, 0.2) is 0 Å². The van der Waals surface area contributed by atoms with Crippen LogP contribution in [-0.2, 0) is 14.4 Å². The summed E-state index contributed by atoms with van der Waals surface area (Å²) >= 11 is 5.95. The number of nitrogens with two attached hydrogens (primary N) is 1. The summed E-state index contributed by atoms with van der Waals surface area (Å²) in [5.74, 6) is -2.77. The highest BCUT2D eigenvalue weighted by Crippen LogP contribution is 2.17. The highest BCUT2D eigenvalue weighted by molar-refractivity contribution is 6.31. The average molecular weight is 311 g/mol. The number of primary amides is 1. The number of amides is 2. The van der Waals surface area contributed by atoms with Crippen LogP contribution in [0.3, 0.4) is 0 Å². The SMILES string of the molecule is Cc1ccc(C=CC(=O)N[C@@H](CC(N)=O)C(=O)O)cc1Cl. The van der Waals surface area contributed by atoms with Crippen molar-refractivity contribution < 1.29 is 19.5 Å². The first-order chi connectivity index (χ1) is 9.79. The molecule has 1 aromatic carbocycles. The van der Waals surface area contributed by atoms with Crippen molar-refractivity contribution in [3.63, 3.8) is 0 Å². The molecule has 112 valence electrons. The zero-order valence-corrected chi connectivity index (χ0v) is 12.1. The van der Waals surface area contributed by atoms with Crippen LogP contribution in [0.15, 0.2) is 24.3 Å². The van der Waals surface area contributed by atoms with Gasteiger partial charge in [0.05, 0.1) is 6.42 Å². The van der Waals surface area contributed by atoms with E-state index in [2.05, 4.69) is 5.32 Å². The molecule has 0 saturated carbocycles. The number of hydrogen-bond acceptors (Lipinski definition) is 3. The smallest absolute Gasteiger partial charge is 0.326 e. The van der Waals surface area contributed by atoms with E-state index >= 15 is 0 Å². The second-order valence-corrected chi connectivity index (χ2v) is 4.82. The fraction of sp³-hybridized carbons (Fsp3) is 0.214. The summed E-state index contributed by atoms with van der Waals surface area (Å²) in [6, 6.07) is 3.90. The molecule has 2 amide bonds. The van der Waals surface area contributed by atoms with Crippen LogP contribution in [0.5, 0.6) is 0 Å². The molecule has 1 rings (SSSR count). The van der Waals surface area contributed by atoms with Crippen LogP contribution in [0.2, 0.25) is 5.02 Å². The van der Waals surface area contributed by atoms with Crippen molar-refractivity contribution in [1.82, 2.24) is 5.32 Å². The Morgan fingerprint density at radius 3 is 2.62 bits per heavy atom. The maximum Gasteiger partial charge on any atom is 0.326 e. The van der Waals surface area contributed by atoms with Gasteiger partial charge in [-0.25, -0.2) is 4.79 Å². The molecule has 0 heterocycles. The number of carboxylic acids is 1. The zero-order chi connectivity index (χ0) is 16.0. The summed E-state index contributed by atoms with van der Waals surface area (Å²) in [7, 11) is 0. The number of carbonyl (C=O) groups is 3. The van der Waals surface area contributed by atoms with E-state index in [9.17, 15) is 14.4 Å². The van der Waals surface area contributed by atoms with Gasteiger partial charge in [-0.3, -0.25) is 9.59 Å². The van der Waals surface area contributed by atoms with E-state index in [4.69, 9.17) is 22.4 Å². The van der Waals surface area contributed by atoms with Crippen LogP contribution >= 0.6 is 11.6 Å². The molecule has 0 aliphatic carbocycles. The van der Waals surface area contributed by atoms with Crippen molar-refractivity contribution in [3.05, 3.63) is 40.4 Å². The van der Waals surface area contributed by atoms with Crippen LogP contribution in [-0.4, -0.2) is 28.9 Å². The van der Waals surface area contributed by atoms with E-state index in [1.807, 2.05) is 6.92 Å². The van der Waals surface area contributed by atoms with Gasteiger partial charge in [0.1, 0.15) is 6.04 Å². The fourth-order valence-corrected chi connectivity index (χ4v) is 1.69. The first-order valence-corrected chi connectivity index (χ1v) is 6.43. The Hall–Kier alpha value is -2.34. The number of rotatable bonds is 6. The van der Waals surface area contributed by atoms with Gasteiger partial charge in [-0.1, -0.05) is 23.7 Å². The molecule has 21 heavy (non-hydrogen) atoms. The first kappa shape index (κ1) is 16.7. The third-order valence-electron chi connectivity index (χ3n) is 2.64. The molecule has 0 saturated heterocycles. The van der Waals surface area contributed by atoms with Crippen LogP contribution in [0.4, 0.5) is 0 Å². The number of carboxylic acid groups (broad SMARTS) is 1. The second-order valence-electron chi connectivity index (χ2n) is 4.41. The van der Waals surface area contributed by atoms with Crippen molar-refractivity contribution in [2.75, 3.05) is 0 Å². The predicted octanol–water partition coefficient (Wildman–Crippen LogP) is 1.11. The number of aliphatic carboxylic acids is 1. The highest BCUT2D eigenvalue weighted by Gasteiger charge is 2.20. The van der Waals surface area contributed by atoms with Crippen molar-refractivity contribution in [1.29, 1.82) is 0 Å². The molecular weight excluding hydrogens is 296 g/mol. The largest absolute Gasteiger partial charge is 0.480 e. The number of benzene rings is 1. The summed E-state index contributed by atoms with van der Waals surface area (Å²) in [5, 5.41) is 11.6. The summed E-state index contributed by atoms with van der Waals surface area (Å²) < 4.78 is 0. The number of carbonyl (C=O) groups excluding carboxylic acids is 2. The number of halogens is 1. The van der Waals surface area contributed by atoms with E-state index in [-0.39, 0.29) is 0 Å². The third kappa shape index (κ3) is 5.66. The molecule has 0 bridgehead atoms. The lowest BCUT2D eigenvalue weighted by atomic mass is 10.1. The Labute approximate surface area is 126 Å². The molecule has 0 unspecified atom stereocenters. The molecule has 0 fully saturated rings. The highest BCUT2D eigenvalue weighted by atomic mass is 35.5. The van der Waals surface area contributed by atoms with Gasteiger partial charge in [0, 0.05) is 11.1 Å². The fourth-order valence-electron chi connectivity index (χ4n) is 1.51. The van der Waals surface area contributed by atoms with Gasteiger partial charge in [-0.15, -0.1) is 0 Å². The van der Waals surface area contributed by atoms with Crippen molar-refractivity contribution in [2.45, 2.75) is 19.4 Å². The second kappa shape index (κ2) is 7.44. The van der Waals surface area contributed by atoms with E-state index in [1.54, 1.807) is 18.2 Å². The minimum Gasteiger partial charge on any atom is -0.480 e. The van der Waals surface area contributed by atoms with Gasteiger partial charge in [0.25, 0.3) is 0 Å². The van der Waals surface area contributed by atoms with Crippen LogP contribution in [0.1, 0.15) is 17.5 Å². The summed E-state index contributed by atoms with van der Waals surface area (Å²) in [5.41, 5.74) is 6.52. The van der Waals surface area contributed by atoms with Gasteiger partial charge in [-0.2, -0.15) is 0 Å². The number of aryl methyl sites for hydroxylation is 1. The Balaban J connectivity index is 2.70. The quantitative estimate of drug-likeness (QED) is 0.683. The lowest BCUT2D eigenvalue weighted by Crippen LogP contribution is -2.42. The summed E-state index contributed by atoms with van der Waals surface area (Å²) in [6.07, 6.45) is 2.19. The normalized spacial score (nSPS) is 12.1. The average Bonchev–Trinajstić information content (AvgIpc) is 2.38. The van der Waals surface area contributed by atoms with Crippen molar-refractivity contribution in [2.24, 2.45) is 5.73 Å². The Morgan fingerprint density at radius 1 is 1.43 bits per heavy atom. The standard InChI is InChI=1S/C14H15ClN2O4/c1-8-2-3-9(6-10(8)15)4-5-13(19)17-11(14(20)21)7-12(16)18/h2-6,11H,7H2,1H3,(H2,16,18)(H,17,19)(H,20,21)/t11-/m0/s1. The van der Waals surface area contributed by atoms with Crippen LogP contribution in [0.25, 0.3) is 6.08 Å². The molecule has 7 heteroatoms. The predicted molar refractivity (Wildman–Crippen MR) is 78.6 cm³/mol. The summed E-state index contributed by atoms with van der Waals surface area (Å²) in [4.78, 5) is 33.2. The third-order valence-corrected chi connectivity index (χ3v) is 3.05. The van der Waals surface area contributed by atoms with Crippen molar-refractivity contribution >= 4 is 35.5 Å². The first-order valence-electron chi connectivity index (χ1n) is 6.05. The van der Waals surface area contributed by atoms with Gasteiger partial charge in [0.2, 0.25) is 11.8 Å². The molecule has 1 aromatic rings. The lowest BCUT2D eigenvalue weighted by Gasteiger charge is -2.10. The Morgan fingerprint density at radius 2 is 2.10 bits per heavy atom. The minimum absolute atomic E-state index is 0.467. The monoisotopic (exact) mass is 310 g/mol. The molecule has 0 spiro atoms. The Bertz CT molecular complexity index is 599. The molecule has 4 N–H and O–H groups in total. The number of nitrogens with one attached hydrogen (secondary N) is 1. The van der Waals surface area contributed by atoms with Gasteiger partial charge >= 0.3 is 5.97 Å². The van der Waals surface area contributed by atoms with Crippen molar-refractivity contribution in [3.8, 4) is 0 Å². The molecule has 6 nitrogen and oxygen atoms in total. The minimum atomic E-state index is -1.35. The molecular formula is C14H15ClN2O4. The van der Waals surface area contributed by atoms with Gasteiger partial charge in [-0.05, 0) is 30.2 Å². The number of hydrogen-bond donors (Lipinski definition) is 3. The molecule has 1 atom stereocenters. The van der Waals surface area contributed by atoms with Gasteiger partial charge < -0.3 is 16.2 Å². The van der Waals surface area contributed by atoms with Crippen LogP contribution in [0, 0.1) is 6.92 Å². The van der Waals surface area contributed by atoms with E-state index in [1.165, 1.54) is 6.08 Å². The topological polar surface area (TPSA) is 109 Å². The molecule has 0 aliphatic heterocycles. The maximum atomic E-state index is 11.6. The molecule has 0 aliphatic rings.